The van der Waals surface area contributed by atoms with Crippen molar-refractivity contribution in [3.05, 3.63) is 45.9 Å². The van der Waals surface area contributed by atoms with Gasteiger partial charge in [0.2, 0.25) is 0 Å². The fourth-order valence-corrected chi connectivity index (χ4v) is 2.97. The predicted octanol–water partition coefficient (Wildman–Crippen LogP) is 3.83. The van der Waals surface area contributed by atoms with E-state index in [4.69, 9.17) is 0 Å². The van der Waals surface area contributed by atoms with Gasteiger partial charge in [-0.3, -0.25) is 15.1 Å². The van der Waals surface area contributed by atoms with Crippen LogP contribution in [0, 0.1) is 16.0 Å². The molecule has 0 aliphatic carbocycles. The lowest BCUT2D eigenvalue weighted by Gasteiger charge is -2.16. The van der Waals surface area contributed by atoms with Crippen molar-refractivity contribution in [2.45, 2.75) is 32.9 Å². The van der Waals surface area contributed by atoms with E-state index in [9.17, 15) is 10.1 Å². The highest BCUT2D eigenvalue weighted by atomic mass is 32.2. The number of aliphatic imine (C=N–C) groups is 2. The Balaban J connectivity index is 3.09. The zero-order valence-electron chi connectivity index (χ0n) is 12.2. The second kappa shape index (κ2) is 7.19. The van der Waals surface area contributed by atoms with Gasteiger partial charge in [-0.1, -0.05) is 26.5 Å². The molecule has 20 heavy (non-hydrogen) atoms. The minimum Gasteiger partial charge on any atom is -0.258 e. The molecule has 0 amide bonds. The summed E-state index contributed by atoms with van der Waals surface area (Å²) in [7, 11) is 0. The maximum absolute atomic E-state index is 11.1. The van der Waals surface area contributed by atoms with E-state index >= 15 is 0 Å². The molecule has 0 saturated heterocycles. The number of hydrogen-bond acceptors (Lipinski definition) is 5. The Morgan fingerprint density at radius 2 is 2.20 bits per heavy atom. The molecule has 0 radical (unpaired) electrons. The van der Waals surface area contributed by atoms with Gasteiger partial charge in [-0.25, -0.2) is 4.99 Å². The first-order valence-corrected chi connectivity index (χ1v) is 7.24. The van der Waals surface area contributed by atoms with E-state index in [2.05, 4.69) is 16.6 Å². The monoisotopic (exact) mass is 293 g/mol. The lowest BCUT2D eigenvalue weighted by atomic mass is 10.1. The quantitative estimate of drug-likeness (QED) is 0.335. The Kier molecular flexibility index (Phi) is 5.88. The van der Waals surface area contributed by atoms with Gasteiger partial charge in [0.15, 0.2) is 0 Å². The molecule has 1 aliphatic rings. The lowest BCUT2D eigenvalue weighted by Crippen LogP contribution is -2.14. The molecule has 5 nitrogen and oxygen atoms in total. The van der Waals surface area contributed by atoms with Crippen LogP contribution in [0.15, 0.2) is 45.8 Å². The Morgan fingerprint density at radius 3 is 2.65 bits per heavy atom. The molecule has 108 valence electrons. The van der Waals surface area contributed by atoms with E-state index < -0.39 is 0 Å². The standard InChI is InChI=1S/C14H19N3O2S/c1-6-11-13(12(8-16-11)17(18)19)10(5)20-14(9(3)4)15-7-2/h6-10H,2H2,1,3-5H3/b11-6+,15-14?. The molecule has 0 fully saturated rings. The summed E-state index contributed by atoms with van der Waals surface area (Å²) >= 11 is 1.51. The molecule has 1 atom stereocenters. The molecule has 1 unspecified atom stereocenters. The second-order valence-electron chi connectivity index (χ2n) is 4.55. The minimum absolute atomic E-state index is 0.0693. The van der Waals surface area contributed by atoms with Gasteiger partial charge >= 0.3 is 0 Å². The third-order valence-corrected chi connectivity index (χ3v) is 4.17. The number of thioether (sulfide) groups is 1. The zero-order chi connectivity index (χ0) is 15.3. The number of allylic oxidation sites excluding steroid dienone is 3. The molecular weight excluding hydrogens is 274 g/mol. The van der Waals surface area contributed by atoms with Crippen LogP contribution >= 0.6 is 11.8 Å². The maximum atomic E-state index is 11.1. The Bertz CT molecular complexity index is 531. The first-order valence-electron chi connectivity index (χ1n) is 6.36. The fraction of sp³-hybridized carbons (Fsp3) is 0.429. The summed E-state index contributed by atoms with van der Waals surface area (Å²) in [4.78, 5) is 19.1. The Labute approximate surface area is 123 Å². The van der Waals surface area contributed by atoms with Crippen LogP contribution in [0.3, 0.4) is 0 Å². The summed E-state index contributed by atoms with van der Waals surface area (Å²) in [5, 5.41) is 11.9. The smallest absolute Gasteiger partial charge is 0.258 e. The van der Waals surface area contributed by atoms with Crippen molar-refractivity contribution in [1.82, 2.24) is 0 Å². The van der Waals surface area contributed by atoms with Gasteiger partial charge in [0.05, 0.1) is 21.2 Å². The number of nitro groups is 1. The highest BCUT2D eigenvalue weighted by Gasteiger charge is 2.30. The van der Waals surface area contributed by atoms with Gasteiger partial charge in [0.1, 0.15) is 6.21 Å². The van der Waals surface area contributed by atoms with Crippen molar-refractivity contribution in [2.75, 3.05) is 0 Å². The number of hydrogen-bond donors (Lipinski definition) is 0. The van der Waals surface area contributed by atoms with Gasteiger partial charge in [0.25, 0.3) is 5.70 Å². The summed E-state index contributed by atoms with van der Waals surface area (Å²) in [5.74, 6) is 0.247. The molecule has 0 saturated carbocycles. The molecule has 0 spiro atoms. The molecule has 0 N–H and O–H groups in total. The number of rotatable bonds is 5. The summed E-state index contributed by atoms with van der Waals surface area (Å²) in [5.41, 5.74) is 1.39. The molecule has 0 aromatic rings. The van der Waals surface area contributed by atoms with Crippen LogP contribution in [0.2, 0.25) is 0 Å². The largest absolute Gasteiger partial charge is 0.293 e. The Morgan fingerprint density at radius 1 is 1.55 bits per heavy atom. The highest BCUT2D eigenvalue weighted by Crippen LogP contribution is 2.33. The van der Waals surface area contributed by atoms with Gasteiger partial charge in [-0.05, 0) is 13.8 Å². The minimum atomic E-state index is -0.383. The van der Waals surface area contributed by atoms with E-state index in [1.807, 2.05) is 27.7 Å². The third kappa shape index (κ3) is 3.66. The molecule has 0 aromatic heterocycles. The molecule has 1 heterocycles. The van der Waals surface area contributed by atoms with E-state index in [0.29, 0.717) is 11.3 Å². The van der Waals surface area contributed by atoms with E-state index in [1.54, 1.807) is 6.08 Å². The van der Waals surface area contributed by atoms with Crippen LogP contribution < -0.4 is 0 Å². The average Bonchev–Trinajstić information content (AvgIpc) is 2.81. The van der Waals surface area contributed by atoms with Crippen LogP contribution in [-0.4, -0.2) is 21.4 Å². The van der Waals surface area contributed by atoms with Gasteiger partial charge < -0.3 is 0 Å². The fourth-order valence-electron chi connectivity index (χ4n) is 1.84. The molecular formula is C14H19N3O2S. The van der Waals surface area contributed by atoms with Gasteiger partial charge in [-0.15, -0.1) is 11.8 Å². The van der Waals surface area contributed by atoms with Crippen LogP contribution in [0.25, 0.3) is 0 Å². The molecule has 0 aromatic carbocycles. The van der Waals surface area contributed by atoms with Crippen molar-refractivity contribution in [2.24, 2.45) is 15.9 Å². The molecule has 1 aliphatic heterocycles. The lowest BCUT2D eigenvalue weighted by molar-refractivity contribution is -0.414. The highest BCUT2D eigenvalue weighted by molar-refractivity contribution is 8.14. The van der Waals surface area contributed by atoms with E-state index in [1.165, 1.54) is 24.2 Å². The first kappa shape index (κ1) is 16.4. The number of nitrogens with zero attached hydrogens (tertiary/aromatic N) is 3. The first-order chi connectivity index (χ1) is 9.42. The van der Waals surface area contributed by atoms with Crippen LogP contribution in [-0.2, 0) is 0 Å². The van der Waals surface area contributed by atoms with E-state index in [0.717, 1.165) is 5.04 Å². The Hall–Kier alpha value is -1.69. The van der Waals surface area contributed by atoms with Crippen molar-refractivity contribution in [3.63, 3.8) is 0 Å². The maximum Gasteiger partial charge on any atom is 0.293 e. The van der Waals surface area contributed by atoms with Crippen LogP contribution in [0.4, 0.5) is 0 Å². The summed E-state index contributed by atoms with van der Waals surface area (Å²) in [6, 6.07) is 0. The third-order valence-electron chi connectivity index (χ3n) is 2.76. The second-order valence-corrected chi connectivity index (χ2v) is 5.91. The molecule has 6 heteroatoms. The molecule has 1 rings (SSSR count). The van der Waals surface area contributed by atoms with Crippen LogP contribution in [0.5, 0.6) is 0 Å². The summed E-state index contributed by atoms with van der Waals surface area (Å²) in [6.45, 7) is 11.4. The van der Waals surface area contributed by atoms with E-state index in [-0.39, 0.29) is 21.8 Å². The predicted molar refractivity (Wildman–Crippen MR) is 85.8 cm³/mol. The average molecular weight is 293 g/mol. The van der Waals surface area contributed by atoms with Crippen molar-refractivity contribution in [3.8, 4) is 0 Å². The topological polar surface area (TPSA) is 67.9 Å². The SMILES string of the molecule is C=CN=C(SC(C)C1=C([N+](=O)[O-])C=N/C1=C/C)C(C)C. The summed E-state index contributed by atoms with van der Waals surface area (Å²) < 4.78 is 0. The van der Waals surface area contributed by atoms with Gasteiger partial charge in [0, 0.05) is 17.4 Å². The normalized spacial score (nSPS) is 19.1. The molecule has 0 bridgehead atoms. The van der Waals surface area contributed by atoms with Crippen molar-refractivity contribution < 1.29 is 4.92 Å². The van der Waals surface area contributed by atoms with Crippen molar-refractivity contribution >= 4 is 23.0 Å². The van der Waals surface area contributed by atoms with Crippen LogP contribution in [0.1, 0.15) is 27.7 Å². The summed E-state index contributed by atoms with van der Waals surface area (Å²) in [6.07, 6.45) is 4.61. The van der Waals surface area contributed by atoms with Gasteiger partial charge in [-0.2, -0.15) is 0 Å². The van der Waals surface area contributed by atoms with Crippen molar-refractivity contribution in [1.29, 1.82) is 0 Å². The zero-order valence-corrected chi connectivity index (χ0v) is 13.0.